The predicted molar refractivity (Wildman–Crippen MR) is 97.2 cm³/mol. The van der Waals surface area contributed by atoms with E-state index in [1.807, 2.05) is 0 Å². The summed E-state index contributed by atoms with van der Waals surface area (Å²) in [6, 6.07) is 4.13. The molecule has 1 saturated heterocycles. The van der Waals surface area contributed by atoms with E-state index in [1.165, 1.54) is 35.6 Å². The Morgan fingerprint density at radius 1 is 1.22 bits per heavy atom. The molecule has 1 aliphatic heterocycles. The minimum absolute atomic E-state index is 0.114. The Balaban J connectivity index is 1.60. The van der Waals surface area contributed by atoms with Gasteiger partial charge in [0, 0.05) is 13.1 Å². The summed E-state index contributed by atoms with van der Waals surface area (Å²) in [4.78, 5) is 14.5. The maximum absolute atomic E-state index is 13.5. The lowest BCUT2D eigenvalue weighted by Crippen LogP contribution is -2.26. The summed E-state index contributed by atoms with van der Waals surface area (Å²) in [5, 5.41) is 14.6. The lowest BCUT2D eigenvalue weighted by atomic mass is 10.3. The van der Waals surface area contributed by atoms with Gasteiger partial charge in [-0.05, 0) is 70.4 Å². The van der Waals surface area contributed by atoms with Crippen LogP contribution in [0.4, 0.5) is 10.2 Å². The van der Waals surface area contributed by atoms with E-state index in [9.17, 15) is 9.18 Å². The van der Waals surface area contributed by atoms with Crippen LogP contribution in [0.25, 0.3) is 17.2 Å². The predicted octanol–water partition coefficient (Wildman–Crippen LogP) is 2.28. The van der Waals surface area contributed by atoms with E-state index in [0.29, 0.717) is 18.1 Å². The standard InChI is InChI=1S/C16H16BrFN6O3/c17-11-9-10(3-4-12(11)18)24-15(22-26-16(24)25)13-14(21-27-20-13)19-5-8-23-6-1-2-7-23/h3-4,9H,1-2,5-8H2,(H,19,21). The van der Waals surface area contributed by atoms with Crippen LogP contribution in [0.15, 0.2) is 36.6 Å². The molecule has 1 fully saturated rings. The van der Waals surface area contributed by atoms with Gasteiger partial charge in [0.2, 0.25) is 11.6 Å². The van der Waals surface area contributed by atoms with E-state index in [2.05, 4.69) is 41.6 Å². The minimum atomic E-state index is -0.727. The molecule has 1 N–H and O–H groups in total. The molecule has 3 heterocycles. The monoisotopic (exact) mass is 438 g/mol. The molecule has 0 saturated carbocycles. The number of rotatable bonds is 6. The fraction of sp³-hybridized carbons (Fsp3) is 0.375. The van der Waals surface area contributed by atoms with Crippen LogP contribution < -0.4 is 11.1 Å². The van der Waals surface area contributed by atoms with Gasteiger partial charge >= 0.3 is 5.76 Å². The number of aromatic nitrogens is 4. The van der Waals surface area contributed by atoms with Gasteiger partial charge in [0.05, 0.1) is 10.2 Å². The van der Waals surface area contributed by atoms with Crippen LogP contribution in [0.3, 0.4) is 0 Å². The van der Waals surface area contributed by atoms with E-state index in [-0.39, 0.29) is 16.0 Å². The average molecular weight is 439 g/mol. The Morgan fingerprint density at radius 2 is 2.04 bits per heavy atom. The topological polar surface area (TPSA) is 102 Å². The Bertz CT molecular complexity index is 994. The first-order valence-electron chi connectivity index (χ1n) is 8.47. The van der Waals surface area contributed by atoms with E-state index in [4.69, 9.17) is 9.15 Å². The molecule has 2 aromatic heterocycles. The van der Waals surface area contributed by atoms with Crippen LogP contribution >= 0.6 is 15.9 Å². The van der Waals surface area contributed by atoms with Crippen molar-refractivity contribution in [2.24, 2.45) is 0 Å². The van der Waals surface area contributed by atoms with Crippen molar-refractivity contribution in [2.45, 2.75) is 12.8 Å². The molecule has 142 valence electrons. The zero-order chi connectivity index (χ0) is 18.8. The Kier molecular flexibility index (Phi) is 5.03. The fourth-order valence-electron chi connectivity index (χ4n) is 3.04. The van der Waals surface area contributed by atoms with Crippen LogP contribution in [-0.2, 0) is 0 Å². The van der Waals surface area contributed by atoms with Crippen molar-refractivity contribution >= 4 is 21.7 Å². The highest BCUT2D eigenvalue weighted by Crippen LogP contribution is 2.26. The van der Waals surface area contributed by atoms with Crippen molar-refractivity contribution in [1.82, 2.24) is 24.9 Å². The summed E-state index contributed by atoms with van der Waals surface area (Å²) >= 11 is 3.11. The van der Waals surface area contributed by atoms with E-state index in [1.54, 1.807) is 0 Å². The third-order valence-corrected chi connectivity index (χ3v) is 4.99. The molecule has 27 heavy (non-hydrogen) atoms. The first-order chi connectivity index (χ1) is 13.1. The molecule has 11 heteroatoms. The van der Waals surface area contributed by atoms with Gasteiger partial charge in [0.1, 0.15) is 5.82 Å². The van der Waals surface area contributed by atoms with Crippen molar-refractivity contribution in [3.8, 4) is 17.2 Å². The number of hydrogen-bond acceptors (Lipinski definition) is 8. The average Bonchev–Trinajstić information content (AvgIpc) is 3.39. The molecule has 0 spiro atoms. The zero-order valence-corrected chi connectivity index (χ0v) is 15.8. The largest absolute Gasteiger partial charge is 0.446 e. The number of likely N-dealkylation sites (tertiary alicyclic amines) is 1. The van der Waals surface area contributed by atoms with E-state index >= 15 is 0 Å². The summed E-state index contributed by atoms with van der Waals surface area (Å²) in [6.07, 6.45) is 2.43. The Labute approximate surface area is 161 Å². The number of benzene rings is 1. The maximum atomic E-state index is 13.5. The van der Waals surface area contributed by atoms with Crippen molar-refractivity contribution in [3.63, 3.8) is 0 Å². The van der Waals surface area contributed by atoms with Gasteiger partial charge in [-0.15, -0.1) is 0 Å². The van der Waals surface area contributed by atoms with Crippen LogP contribution in [-0.4, -0.2) is 51.1 Å². The summed E-state index contributed by atoms with van der Waals surface area (Å²) in [7, 11) is 0. The third kappa shape index (κ3) is 3.65. The lowest BCUT2D eigenvalue weighted by Gasteiger charge is -2.14. The number of nitrogens with zero attached hydrogens (tertiary/aromatic N) is 5. The smallest absolute Gasteiger partial charge is 0.364 e. The molecular formula is C16H16BrFN6O3. The first-order valence-corrected chi connectivity index (χ1v) is 9.26. The number of hydrogen-bond donors (Lipinski definition) is 1. The second-order valence-corrected chi connectivity index (χ2v) is 7.00. The van der Waals surface area contributed by atoms with Crippen molar-refractivity contribution in [1.29, 1.82) is 0 Å². The molecular weight excluding hydrogens is 423 g/mol. The Morgan fingerprint density at radius 3 is 2.81 bits per heavy atom. The second-order valence-electron chi connectivity index (χ2n) is 6.14. The molecule has 0 aliphatic carbocycles. The molecule has 0 bridgehead atoms. The van der Waals surface area contributed by atoms with Crippen molar-refractivity contribution in [2.75, 3.05) is 31.5 Å². The van der Waals surface area contributed by atoms with E-state index < -0.39 is 11.6 Å². The quantitative estimate of drug-likeness (QED) is 0.625. The molecule has 1 aromatic carbocycles. The molecule has 0 radical (unpaired) electrons. The SMILES string of the molecule is O=c1onc(-c2nonc2NCCN2CCCC2)n1-c1ccc(F)c(Br)c1. The molecule has 3 aromatic rings. The number of halogens is 2. The number of nitrogens with one attached hydrogen (secondary N) is 1. The Hall–Kier alpha value is -2.53. The zero-order valence-electron chi connectivity index (χ0n) is 14.2. The van der Waals surface area contributed by atoms with Gasteiger partial charge in [0.15, 0.2) is 5.69 Å². The first kappa shape index (κ1) is 17.9. The normalized spacial score (nSPS) is 14.7. The van der Waals surface area contributed by atoms with Crippen LogP contribution in [0.1, 0.15) is 12.8 Å². The molecule has 4 rings (SSSR count). The number of anilines is 1. The van der Waals surface area contributed by atoms with Gasteiger partial charge in [-0.3, -0.25) is 4.52 Å². The lowest BCUT2D eigenvalue weighted by molar-refractivity contribution is 0.309. The molecule has 0 atom stereocenters. The van der Waals surface area contributed by atoms with Crippen LogP contribution in [0.5, 0.6) is 0 Å². The van der Waals surface area contributed by atoms with Crippen LogP contribution in [0, 0.1) is 5.82 Å². The molecule has 0 amide bonds. The van der Waals surface area contributed by atoms with Gasteiger partial charge < -0.3 is 10.2 Å². The van der Waals surface area contributed by atoms with Gasteiger partial charge in [-0.1, -0.05) is 5.16 Å². The van der Waals surface area contributed by atoms with Gasteiger partial charge in [-0.25, -0.2) is 18.4 Å². The molecule has 9 nitrogen and oxygen atoms in total. The molecule has 0 unspecified atom stereocenters. The second kappa shape index (κ2) is 7.61. The highest BCUT2D eigenvalue weighted by molar-refractivity contribution is 9.10. The minimum Gasteiger partial charge on any atom is -0.364 e. The van der Waals surface area contributed by atoms with E-state index in [0.717, 1.165) is 19.6 Å². The van der Waals surface area contributed by atoms with Gasteiger partial charge in [-0.2, -0.15) is 0 Å². The van der Waals surface area contributed by atoms with Crippen LogP contribution in [0.2, 0.25) is 0 Å². The van der Waals surface area contributed by atoms with Crippen molar-refractivity contribution < 1.29 is 13.5 Å². The van der Waals surface area contributed by atoms with Crippen molar-refractivity contribution in [3.05, 3.63) is 39.0 Å². The molecule has 1 aliphatic rings. The summed E-state index contributed by atoms with van der Waals surface area (Å²) < 4.78 is 24.5. The maximum Gasteiger partial charge on any atom is 0.446 e. The highest BCUT2D eigenvalue weighted by Gasteiger charge is 2.23. The third-order valence-electron chi connectivity index (χ3n) is 4.39. The summed E-state index contributed by atoms with van der Waals surface area (Å²) in [5.41, 5.74) is 0.610. The van der Waals surface area contributed by atoms with Gasteiger partial charge in [0.25, 0.3) is 0 Å². The highest BCUT2D eigenvalue weighted by atomic mass is 79.9. The fourth-order valence-corrected chi connectivity index (χ4v) is 3.41. The summed E-state index contributed by atoms with van der Waals surface area (Å²) in [6.45, 7) is 3.69. The summed E-state index contributed by atoms with van der Waals surface area (Å²) in [5.74, 6) is -0.701.